The zero-order chi connectivity index (χ0) is 26.4. The molecule has 37 heavy (non-hydrogen) atoms. The molecule has 1 fully saturated rings. The van der Waals surface area contributed by atoms with Crippen LogP contribution in [0.4, 0.5) is 0 Å². The van der Waals surface area contributed by atoms with Crippen molar-refractivity contribution >= 4 is 32.8 Å². The molecule has 4 rings (SSSR count). The molecule has 0 radical (unpaired) electrons. The quantitative estimate of drug-likeness (QED) is 0.228. The second kappa shape index (κ2) is 12.5. The summed E-state index contributed by atoms with van der Waals surface area (Å²) in [5.41, 5.74) is 2.66. The van der Waals surface area contributed by atoms with Gasteiger partial charge in [-0.1, -0.05) is 18.7 Å². The van der Waals surface area contributed by atoms with Crippen LogP contribution < -0.4 is 9.47 Å². The largest absolute Gasteiger partial charge is 0.497 e. The first-order valence-corrected chi connectivity index (χ1v) is 15.2. The fourth-order valence-corrected chi connectivity index (χ4v) is 7.24. The lowest BCUT2D eigenvalue weighted by Gasteiger charge is -2.30. The Bertz CT molecular complexity index is 1290. The number of piperidine rings is 1. The Kier molecular flexibility index (Phi) is 9.39. The third-order valence-electron chi connectivity index (χ3n) is 6.60. The predicted molar refractivity (Wildman–Crippen MR) is 147 cm³/mol. The molecule has 0 saturated carbocycles. The van der Waals surface area contributed by atoms with Gasteiger partial charge in [-0.05, 0) is 68.0 Å². The van der Waals surface area contributed by atoms with Crippen LogP contribution in [-0.2, 0) is 27.1 Å². The van der Waals surface area contributed by atoms with Crippen LogP contribution in [0.15, 0.2) is 46.5 Å². The van der Waals surface area contributed by atoms with Crippen LogP contribution in [0.1, 0.15) is 38.7 Å². The van der Waals surface area contributed by atoms with E-state index in [-0.39, 0.29) is 0 Å². The first-order valence-electron chi connectivity index (χ1n) is 12.8. The molecule has 0 unspecified atom stereocenters. The van der Waals surface area contributed by atoms with Gasteiger partial charge in [0.2, 0.25) is 10.0 Å². The number of rotatable bonds is 12. The van der Waals surface area contributed by atoms with Gasteiger partial charge < -0.3 is 18.8 Å². The standard InChI is InChI=1S/C27H37N3O5S2/c1-5-35-13-7-12-30-26-10-9-24(37(31,32)29-11-6-8-20(2)18-29)17-25(26)28-27(30)36-19-21-14-22(33-3)16-23(15-21)34-4/h9-10,14-17,20H,5-8,11-13,18-19H2,1-4H3/t20-/m1/s1. The number of ether oxygens (including phenoxy) is 3. The monoisotopic (exact) mass is 547 g/mol. The Labute approximate surface area is 224 Å². The van der Waals surface area contributed by atoms with Crippen molar-refractivity contribution in [1.82, 2.24) is 13.9 Å². The first kappa shape index (κ1) is 27.8. The van der Waals surface area contributed by atoms with Gasteiger partial charge in [-0.25, -0.2) is 13.4 Å². The van der Waals surface area contributed by atoms with Crippen LogP contribution in [0, 0.1) is 5.92 Å². The van der Waals surface area contributed by atoms with Gasteiger partial charge in [0, 0.05) is 44.7 Å². The zero-order valence-corrected chi connectivity index (χ0v) is 23.7. The maximum atomic E-state index is 13.4. The third-order valence-corrected chi connectivity index (χ3v) is 9.50. The lowest BCUT2D eigenvalue weighted by Crippen LogP contribution is -2.39. The zero-order valence-electron chi connectivity index (χ0n) is 22.1. The highest BCUT2D eigenvalue weighted by atomic mass is 32.2. The molecule has 1 atom stereocenters. The summed E-state index contributed by atoms with van der Waals surface area (Å²) in [7, 11) is -0.278. The lowest BCUT2D eigenvalue weighted by atomic mass is 10.0. The van der Waals surface area contributed by atoms with Gasteiger partial charge >= 0.3 is 0 Å². The highest BCUT2D eigenvalue weighted by Crippen LogP contribution is 2.32. The van der Waals surface area contributed by atoms with E-state index in [0.29, 0.717) is 48.4 Å². The molecular formula is C27H37N3O5S2. The summed E-state index contributed by atoms with van der Waals surface area (Å²) in [5.74, 6) is 2.51. The second-order valence-corrected chi connectivity index (χ2v) is 12.2. The number of imidazole rings is 1. The fraction of sp³-hybridized carbons (Fsp3) is 0.519. The molecule has 8 nitrogen and oxygen atoms in total. The third kappa shape index (κ3) is 6.60. The van der Waals surface area contributed by atoms with E-state index >= 15 is 0 Å². The maximum absolute atomic E-state index is 13.4. The molecule has 3 aromatic rings. The summed E-state index contributed by atoms with van der Waals surface area (Å²) in [5, 5.41) is 0.842. The highest BCUT2D eigenvalue weighted by Gasteiger charge is 2.29. The Hall–Kier alpha value is -2.27. The number of benzene rings is 2. The van der Waals surface area contributed by atoms with Crippen molar-refractivity contribution < 1.29 is 22.6 Å². The van der Waals surface area contributed by atoms with E-state index in [1.807, 2.05) is 31.2 Å². The van der Waals surface area contributed by atoms with Crippen LogP contribution in [0.2, 0.25) is 0 Å². The minimum atomic E-state index is -3.56. The normalized spacial score (nSPS) is 16.8. The van der Waals surface area contributed by atoms with E-state index in [1.165, 1.54) is 0 Å². The molecule has 0 bridgehead atoms. The minimum absolute atomic E-state index is 0.308. The lowest BCUT2D eigenvalue weighted by molar-refractivity contribution is 0.141. The number of methoxy groups -OCH3 is 2. The molecule has 1 saturated heterocycles. The smallest absolute Gasteiger partial charge is 0.243 e. The van der Waals surface area contributed by atoms with Crippen molar-refractivity contribution in [2.24, 2.45) is 5.92 Å². The number of aromatic nitrogens is 2. The van der Waals surface area contributed by atoms with Crippen molar-refractivity contribution in [3.05, 3.63) is 42.0 Å². The molecule has 1 aliphatic heterocycles. The molecule has 0 amide bonds. The van der Waals surface area contributed by atoms with Crippen molar-refractivity contribution in [1.29, 1.82) is 0 Å². The van der Waals surface area contributed by atoms with Gasteiger partial charge in [0.05, 0.1) is 30.1 Å². The van der Waals surface area contributed by atoms with E-state index in [9.17, 15) is 8.42 Å². The molecular weight excluding hydrogens is 510 g/mol. The molecule has 0 aliphatic carbocycles. The maximum Gasteiger partial charge on any atom is 0.243 e. The van der Waals surface area contributed by atoms with E-state index in [0.717, 1.165) is 53.5 Å². The molecule has 0 spiro atoms. The van der Waals surface area contributed by atoms with Crippen LogP contribution in [0.5, 0.6) is 11.5 Å². The average molecular weight is 548 g/mol. The van der Waals surface area contributed by atoms with E-state index in [2.05, 4.69) is 11.5 Å². The number of hydrogen-bond acceptors (Lipinski definition) is 7. The van der Waals surface area contributed by atoms with Gasteiger partial charge in [-0.3, -0.25) is 0 Å². The van der Waals surface area contributed by atoms with Crippen LogP contribution in [0.3, 0.4) is 0 Å². The molecule has 1 aromatic heterocycles. The molecule has 202 valence electrons. The van der Waals surface area contributed by atoms with Gasteiger partial charge in [-0.2, -0.15) is 4.31 Å². The van der Waals surface area contributed by atoms with Gasteiger partial charge in [0.25, 0.3) is 0 Å². The van der Waals surface area contributed by atoms with Crippen LogP contribution >= 0.6 is 11.8 Å². The summed E-state index contributed by atoms with van der Waals surface area (Å²) in [6.45, 7) is 7.31. The van der Waals surface area contributed by atoms with Crippen molar-refractivity contribution in [3.8, 4) is 11.5 Å². The number of hydrogen-bond donors (Lipinski definition) is 0. The van der Waals surface area contributed by atoms with Crippen molar-refractivity contribution in [3.63, 3.8) is 0 Å². The summed E-state index contributed by atoms with van der Waals surface area (Å²) < 4.78 is 46.9. The Balaban J connectivity index is 1.63. The van der Waals surface area contributed by atoms with Crippen LogP contribution in [-0.4, -0.2) is 62.8 Å². The van der Waals surface area contributed by atoms with Crippen LogP contribution in [0.25, 0.3) is 11.0 Å². The topological polar surface area (TPSA) is 82.9 Å². The van der Waals surface area contributed by atoms with E-state index < -0.39 is 10.0 Å². The van der Waals surface area contributed by atoms with Crippen molar-refractivity contribution in [2.45, 2.75) is 55.5 Å². The Morgan fingerprint density at radius 2 is 1.86 bits per heavy atom. The molecule has 0 N–H and O–H groups in total. The molecule has 2 aromatic carbocycles. The number of sulfonamides is 1. The molecule has 10 heteroatoms. The molecule has 2 heterocycles. The van der Waals surface area contributed by atoms with Gasteiger partial charge in [-0.15, -0.1) is 0 Å². The van der Waals surface area contributed by atoms with Gasteiger partial charge in [0.15, 0.2) is 5.16 Å². The second-order valence-electron chi connectivity index (χ2n) is 9.37. The Morgan fingerprint density at radius 1 is 1.11 bits per heavy atom. The highest BCUT2D eigenvalue weighted by molar-refractivity contribution is 7.98. The average Bonchev–Trinajstić information content (AvgIpc) is 3.26. The van der Waals surface area contributed by atoms with Gasteiger partial charge in [0.1, 0.15) is 11.5 Å². The van der Waals surface area contributed by atoms with Crippen molar-refractivity contribution in [2.75, 3.05) is 40.5 Å². The fourth-order valence-electron chi connectivity index (χ4n) is 4.65. The predicted octanol–water partition coefficient (Wildman–Crippen LogP) is 5.19. The SMILES string of the molecule is CCOCCCn1c(SCc2cc(OC)cc(OC)c2)nc2cc(S(=O)(=O)N3CCC[C@@H](C)C3)ccc21. The summed E-state index contributed by atoms with van der Waals surface area (Å²) in [6, 6.07) is 11.2. The summed E-state index contributed by atoms with van der Waals surface area (Å²) in [6.07, 6.45) is 2.80. The summed E-state index contributed by atoms with van der Waals surface area (Å²) >= 11 is 1.61. The molecule has 1 aliphatic rings. The van der Waals surface area contributed by atoms with E-state index in [1.54, 1.807) is 42.4 Å². The number of nitrogens with zero attached hydrogens (tertiary/aromatic N) is 3. The first-order chi connectivity index (χ1) is 17.8. The number of thioether (sulfide) groups is 1. The summed E-state index contributed by atoms with van der Waals surface area (Å²) in [4.78, 5) is 5.19. The Morgan fingerprint density at radius 3 is 2.54 bits per heavy atom. The minimum Gasteiger partial charge on any atom is -0.497 e. The van der Waals surface area contributed by atoms with E-state index in [4.69, 9.17) is 19.2 Å². The number of aryl methyl sites for hydroxylation is 1. The number of fused-ring (bicyclic) bond motifs is 1.